The molecule has 1 heterocycles. The maximum absolute atomic E-state index is 10.4. The van der Waals surface area contributed by atoms with E-state index in [9.17, 15) is 4.79 Å². The van der Waals surface area contributed by atoms with Gasteiger partial charge in [0.15, 0.2) is 0 Å². The first-order valence-corrected chi connectivity index (χ1v) is 4.27. The minimum absolute atomic E-state index is 0.104. The third kappa shape index (κ3) is 1.09. The van der Waals surface area contributed by atoms with Crippen LogP contribution in [-0.4, -0.2) is 17.9 Å². The number of hydrogen-bond acceptors (Lipinski definition) is 1. The molecule has 3 heteroatoms. The quantitative estimate of drug-likeness (QED) is 0.433. The van der Waals surface area contributed by atoms with E-state index in [1.54, 1.807) is 0 Å². The molecule has 0 aromatic carbocycles. The van der Waals surface area contributed by atoms with Crippen LogP contribution in [0.2, 0.25) is 0 Å². The van der Waals surface area contributed by atoms with Crippen molar-refractivity contribution in [2.75, 3.05) is 12.0 Å². The Hall–Kier alpha value is -0.180. The van der Waals surface area contributed by atoms with Gasteiger partial charge in [0.05, 0.1) is 0 Å². The zero-order valence-electron chi connectivity index (χ0n) is 4.27. The van der Waals surface area contributed by atoms with Crippen molar-refractivity contribution in [2.24, 2.45) is 0 Å². The van der Waals surface area contributed by atoms with Crippen molar-refractivity contribution >= 4 is 17.0 Å². The molecule has 1 aliphatic rings. The standard InChI is InChI=1S/C4H9NOS/c1-7-3-2-4(6)5-7/h7H,2-3H2,1H3,(H,5,6). The van der Waals surface area contributed by atoms with E-state index in [-0.39, 0.29) is 17.0 Å². The zero-order valence-corrected chi connectivity index (χ0v) is 5.16. The van der Waals surface area contributed by atoms with Gasteiger partial charge >= 0.3 is 0 Å². The Labute approximate surface area is 45.8 Å². The van der Waals surface area contributed by atoms with Crippen LogP contribution in [0.4, 0.5) is 0 Å². The average Bonchev–Trinajstić information content (AvgIpc) is 1.87. The Morgan fingerprint density at radius 2 is 2.57 bits per heavy atom. The zero-order chi connectivity index (χ0) is 5.28. The lowest BCUT2D eigenvalue weighted by Crippen LogP contribution is -2.08. The molecule has 42 valence electrons. The van der Waals surface area contributed by atoms with E-state index < -0.39 is 0 Å². The minimum atomic E-state index is -0.104. The van der Waals surface area contributed by atoms with Gasteiger partial charge in [0.2, 0.25) is 5.91 Å². The van der Waals surface area contributed by atoms with Gasteiger partial charge in [0.25, 0.3) is 0 Å². The number of nitrogens with one attached hydrogen (secondary N) is 1. The molecule has 0 aliphatic carbocycles. The van der Waals surface area contributed by atoms with E-state index in [4.69, 9.17) is 0 Å². The maximum Gasteiger partial charge on any atom is 0.229 e. The SMILES string of the molecule is C[SH]1CCC(=O)N1. The highest BCUT2D eigenvalue weighted by Crippen LogP contribution is 2.20. The smallest absolute Gasteiger partial charge is 0.229 e. The third-order valence-electron chi connectivity index (χ3n) is 0.990. The first-order chi connectivity index (χ1) is 3.29. The van der Waals surface area contributed by atoms with E-state index >= 15 is 0 Å². The van der Waals surface area contributed by atoms with Crippen LogP contribution in [0.3, 0.4) is 0 Å². The monoisotopic (exact) mass is 119 g/mol. The Kier molecular flexibility index (Phi) is 1.23. The molecular weight excluding hydrogens is 110 g/mol. The summed E-state index contributed by atoms with van der Waals surface area (Å²) in [5, 5.41) is 0. The lowest BCUT2D eigenvalue weighted by Gasteiger charge is -2.02. The Balaban J connectivity index is 2.40. The molecule has 1 rings (SSSR count). The number of thiol groups is 1. The lowest BCUT2D eigenvalue weighted by molar-refractivity contribution is -0.118. The van der Waals surface area contributed by atoms with Gasteiger partial charge in [-0.15, -0.1) is 0 Å². The number of rotatable bonds is 0. The predicted molar refractivity (Wildman–Crippen MR) is 32.5 cm³/mol. The largest absolute Gasteiger partial charge is 0.321 e. The van der Waals surface area contributed by atoms with Gasteiger partial charge in [0, 0.05) is 6.42 Å². The minimum Gasteiger partial charge on any atom is -0.321 e. The summed E-state index contributed by atoms with van der Waals surface area (Å²) in [6.45, 7) is 0. The lowest BCUT2D eigenvalue weighted by atomic mass is 10.5. The molecule has 0 aromatic rings. The summed E-state index contributed by atoms with van der Waals surface area (Å²) >= 11 is -0.104. The summed E-state index contributed by atoms with van der Waals surface area (Å²) < 4.78 is 2.84. The molecule has 1 fully saturated rings. The van der Waals surface area contributed by atoms with Crippen LogP contribution in [0.1, 0.15) is 6.42 Å². The van der Waals surface area contributed by atoms with Crippen molar-refractivity contribution in [3.8, 4) is 0 Å². The summed E-state index contributed by atoms with van der Waals surface area (Å²) in [7, 11) is 0. The van der Waals surface area contributed by atoms with Gasteiger partial charge in [-0.05, 0) is 12.0 Å². The van der Waals surface area contributed by atoms with Crippen LogP contribution in [0.25, 0.3) is 0 Å². The molecule has 0 bridgehead atoms. The van der Waals surface area contributed by atoms with Crippen molar-refractivity contribution in [1.29, 1.82) is 0 Å². The molecule has 1 saturated heterocycles. The second-order valence-corrected chi connectivity index (χ2v) is 3.77. The second-order valence-electron chi connectivity index (χ2n) is 1.71. The molecule has 1 amide bonds. The maximum atomic E-state index is 10.4. The predicted octanol–water partition coefficient (Wildman–Crippen LogP) is 0.0523. The normalized spacial score (nSPS) is 35.6. The number of hydrogen-bond donors (Lipinski definition) is 2. The van der Waals surface area contributed by atoms with Crippen molar-refractivity contribution < 1.29 is 4.79 Å². The van der Waals surface area contributed by atoms with Crippen LogP contribution < -0.4 is 4.72 Å². The summed E-state index contributed by atoms with van der Waals surface area (Å²) in [6.07, 6.45) is 2.84. The van der Waals surface area contributed by atoms with Gasteiger partial charge < -0.3 is 4.72 Å². The topological polar surface area (TPSA) is 29.1 Å². The molecule has 2 nitrogen and oxygen atoms in total. The molecule has 1 unspecified atom stereocenters. The van der Waals surface area contributed by atoms with E-state index in [0.717, 1.165) is 12.2 Å². The van der Waals surface area contributed by atoms with Crippen molar-refractivity contribution in [2.45, 2.75) is 6.42 Å². The van der Waals surface area contributed by atoms with Gasteiger partial charge in [-0.25, -0.2) is 0 Å². The molecule has 1 N–H and O–H groups in total. The average molecular weight is 119 g/mol. The summed E-state index contributed by atoms with van der Waals surface area (Å²) in [5.41, 5.74) is 0. The molecule has 0 radical (unpaired) electrons. The van der Waals surface area contributed by atoms with Crippen molar-refractivity contribution in [3.05, 3.63) is 0 Å². The van der Waals surface area contributed by atoms with Crippen LogP contribution in [0.5, 0.6) is 0 Å². The van der Waals surface area contributed by atoms with Crippen LogP contribution >= 0.6 is 11.1 Å². The van der Waals surface area contributed by atoms with Crippen LogP contribution in [-0.2, 0) is 4.79 Å². The molecule has 0 saturated carbocycles. The Morgan fingerprint density at radius 1 is 1.86 bits per heavy atom. The van der Waals surface area contributed by atoms with Crippen molar-refractivity contribution in [3.63, 3.8) is 0 Å². The van der Waals surface area contributed by atoms with Gasteiger partial charge in [-0.3, -0.25) is 4.79 Å². The van der Waals surface area contributed by atoms with Gasteiger partial charge in [0.1, 0.15) is 0 Å². The highest BCUT2D eigenvalue weighted by Gasteiger charge is 2.11. The van der Waals surface area contributed by atoms with E-state index in [2.05, 4.69) is 11.0 Å². The molecule has 0 aromatic heterocycles. The highest BCUT2D eigenvalue weighted by atomic mass is 32.2. The molecule has 1 atom stereocenters. The van der Waals surface area contributed by atoms with Gasteiger partial charge in [-0.2, -0.15) is 11.1 Å². The van der Waals surface area contributed by atoms with E-state index in [1.165, 1.54) is 0 Å². The Bertz CT molecular complexity index is 93.7. The fourth-order valence-corrected chi connectivity index (χ4v) is 1.78. The summed E-state index contributed by atoms with van der Waals surface area (Å²) in [5.74, 6) is 1.31. The number of carbonyl (C=O) groups excluding carboxylic acids is 1. The Morgan fingerprint density at radius 3 is 2.71 bits per heavy atom. The van der Waals surface area contributed by atoms with E-state index in [0.29, 0.717) is 0 Å². The third-order valence-corrected chi connectivity index (χ3v) is 2.52. The summed E-state index contributed by atoms with van der Waals surface area (Å²) in [6, 6.07) is 0. The number of carbonyl (C=O) groups is 1. The first-order valence-electron chi connectivity index (χ1n) is 2.29. The highest BCUT2D eigenvalue weighted by molar-refractivity contribution is 8.15. The summed E-state index contributed by atoms with van der Waals surface area (Å²) in [4.78, 5) is 10.4. The fourth-order valence-electron chi connectivity index (χ4n) is 0.594. The van der Waals surface area contributed by atoms with Crippen LogP contribution in [0, 0.1) is 0 Å². The molecular formula is C4H9NOS. The first kappa shape index (κ1) is 4.97. The molecule has 0 spiro atoms. The fraction of sp³-hybridized carbons (Fsp3) is 0.750. The molecule has 1 aliphatic heterocycles. The van der Waals surface area contributed by atoms with E-state index in [1.807, 2.05) is 0 Å². The van der Waals surface area contributed by atoms with Gasteiger partial charge in [-0.1, -0.05) is 0 Å². The number of amides is 1. The second kappa shape index (κ2) is 1.74. The van der Waals surface area contributed by atoms with Crippen LogP contribution in [0.15, 0.2) is 0 Å². The molecule has 7 heavy (non-hydrogen) atoms. The van der Waals surface area contributed by atoms with Crippen molar-refractivity contribution in [1.82, 2.24) is 4.72 Å².